The number of methoxy groups -OCH3 is 1. The van der Waals surface area contributed by atoms with Gasteiger partial charge in [-0.1, -0.05) is 0 Å². The van der Waals surface area contributed by atoms with Crippen LogP contribution in [-0.2, 0) is 11.2 Å². The van der Waals surface area contributed by atoms with Gasteiger partial charge >= 0.3 is 5.97 Å². The number of Topliss-reactive ketones (excluding diaryl/α,β-unsaturated/α-hetero) is 1. The van der Waals surface area contributed by atoms with E-state index < -0.39 is 5.97 Å². The molecule has 0 amide bonds. The molecule has 0 N–H and O–H groups in total. The van der Waals surface area contributed by atoms with Crippen LogP contribution in [0.2, 0.25) is 0 Å². The van der Waals surface area contributed by atoms with Crippen LogP contribution in [0.3, 0.4) is 0 Å². The van der Waals surface area contributed by atoms with Crippen LogP contribution in [0.5, 0.6) is 17.4 Å². The molecule has 1 aromatic carbocycles. The second kappa shape index (κ2) is 8.20. The number of esters is 1. The molecule has 152 valence electrons. The Hall–Kier alpha value is -3.94. The monoisotopic (exact) mass is 406 g/mol. The Labute approximate surface area is 172 Å². The van der Waals surface area contributed by atoms with Gasteiger partial charge in [-0.3, -0.25) is 14.6 Å². The molecule has 8 heteroatoms. The first-order valence-electron chi connectivity index (χ1n) is 9.23. The van der Waals surface area contributed by atoms with Gasteiger partial charge in [0.2, 0.25) is 5.78 Å². The summed E-state index contributed by atoms with van der Waals surface area (Å²) in [5, 5.41) is 3.69. The summed E-state index contributed by atoms with van der Waals surface area (Å²) >= 11 is 0. The molecule has 8 nitrogen and oxygen atoms in total. The number of rotatable bonds is 6. The number of hydrogen-bond donors (Lipinski definition) is 0. The second-order valence-electron chi connectivity index (χ2n) is 6.60. The standard InChI is InChI=1S/C22H18N2O6/c1-13-17(28-20(25)6-3-15-12-19(27-2)24-30-15)5-4-16-21(26)18(29-22(13)16)11-14-7-9-23-10-8-14/h4-5,7-12H,3,6H2,1-2H3/b18-11-. The van der Waals surface area contributed by atoms with Crippen molar-refractivity contribution in [3.05, 3.63) is 70.9 Å². The molecule has 2 aromatic heterocycles. The second-order valence-corrected chi connectivity index (χ2v) is 6.60. The minimum Gasteiger partial charge on any atom is -0.479 e. The number of fused-ring (bicyclic) bond motifs is 1. The Morgan fingerprint density at radius 2 is 2.00 bits per heavy atom. The number of pyridine rings is 1. The van der Waals surface area contributed by atoms with Crippen molar-refractivity contribution < 1.29 is 28.3 Å². The summed E-state index contributed by atoms with van der Waals surface area (Å²) in [6.45, 7) is 1.74. The van der Waals surface area contributed by atoms with E-state index in [1.165, 1.54) is 7.11 Å². The van der Waals surface area contributed by atoms with Crippen molar-refractivity contribution in [2.45, 2.75) is 19.8 Å². The molecule has 4 rings (SSSR count). The number of allylic oxidation sites excluding steroid dienone is 1. The summed E-state index contributed by atoms with van der Waals surface area (Å²) in [7, 11) is 1.48. The van der Waals surface area contributed by atoms with E-state index in [1.54, 1.807) is 55.7 Å². The van der Waals surface area contributed by atoms with Crippen molar-refractivity contribution >= 4 is 17.8 Å². The van der Waals surface area contributed by atoms with Gasteiger partial charge in [0, 0.05) is 30.4 Å². The van der Waals surface area contributed by atoms with Crippen molar-refractivity contribution in [3.63, 3.8) is 0 Å². The lowest BCUT2D eigenvalue weighted by atomic mass is 10.1. The fraction of sp³-hybridized carbons (Fsp3) is 0.182. The van der Waals surface area contributed by atoms with E-state index in [1.807, 2.05) is 0 Å². The lowest BCUT2D eigenvalue weighted by molar-refractivity contribution is -0.134. The van der Waals surface area contributed by atoms with E-state index in [0.29, 0.717) is 40.7 Å². The number of benzene rings is 1. The van der Waals surface area contributed by atoms with Gasteiger partial charge in [0.05, 0.1) is 19.1 Å². The zero-order valence-electron chi connectivity index (χ0n) is 16.4. The summed E-state index contributed by atoms with van der Waals surface area (Å²) < 4.78 is 21.2. The fourth-order valence-electron chi connectivity index (χ4n) is 3.00. The number of ketones is 1. The highest BCUT2D eigenvalue weighted by molar-refractivity contribution is 6.15. The third-order valence-electron chi connectivity index (χ3n) is 4.59. The van der Waals surface area contributed by atoms with Gasteiger partial charge in [-0.2, -0.15) is 0 Å². The Morgan fingerprint density at radius 3 is 2.73 bits per heavy atom. The van der Waals surface area contributed by atoms with Crippen LogP contribution in [0.1, 0.15) is 33.7 Å². The maximum absolute atomic E-state index is 12.6. The molecule has 0 saturated carbocycles. The molecular weight excluding hydrogens is 388 g/mol. The summed E-state index contributed by atoms with van der Waals surface area (Å²) in [5.74, 6) is 1.16. The van der Waals surface area contributed by atoms with E-state index in [2.05, 4.69) is 10.1 Å². The highest BCUT2D eigenvalue weighted by Gasteiger charge is 2.30. The largest absolute Gasteiger partial charge is 0.479 e. The Bertz CT molecular complexity index is 1130. The van der Waals surface area contributed by atoms with Gasteiger partial charge in [-0.15, -0.1) is 0 Å². The third kappa shape index (κ3) is 3.93. The summed E-state index contributed by atoms with van der Waals surface area (Å²) in [4.78, 5) is 28.8. The smallest absolute Gasteiger partial charge is 0.311 e. The molecule has 0 radical (unpaired) electrons. The molecule has 0 spiro atoms. The minimum atomic E-state index is -0.440. The number of carbonyl (C=O) groups is 2. The van der Waals surface area contributed by atoms with E-state index in [0.717, 1.165) is 5.56 Å². The average Bonchev–Trinajstić information content (AvgIpc) is 3.35. The molecular formula is C22H18N2O6. The molecule has 3 heterocycles. The predicted molar refractivity (Wildman–Crippen MR) is 105 cm³/mol. The molecule has 30 heavy (non-hydrogen) atoms. The normalized spacial score (nSPS) is 13.8. The number of carbonyl (C=O) groups excluding carboxylic acids is 2. The van der Waals surface area contributed by atoms with Crippen LogP contribution in [0.15, 0.2) is 53.0 Å². The number of nitrogens with zero attached hydrogens (tertiary/aromatic N) is 2. The van der Waals surface area contributed by atoms with Crippen molar-refractivity contribution in [1.29, 1.82) is 0 Å². The van der Waals surface area contributed by atoms with Crippen LogP contribution in [0.4, 0.5) is 0 Å². The molecule has 0 saturated heterocycles. The van der Waals surface area contributed by atoms with Crippen molar-refractivity contribution in [2.24, 2.45) is 0 Å². The summed E-state index contributed by atoms with van der Waals surface area (Å²) in [6, 6.07) is 8.36. The van der Waals surface area contributed by atoms with Gasteiger partial charge in [0.15, 0.2) is 5.76 Å². The zero-order chi connectivity index (χ0) is 21.1. The topological polar surface area (TPSA) is 101 Å². The van der Waals surface area contributed by atoms with Gasteiger partial charge < -0.3 is 18.7 Å². The van der Waals surface area contributed by atoms with Gasteiger partial charge in [-0.25, -0.2) is 0 Å². The molecule has 3 aromatic rings. The van der Waals surface area contributed by atoms with Crippen LogP contribution in [0, 0.1) is 6.92 Å². The number of ether oxygens (including phenoxy) is 3. The van der Waals surface area contributed by atoms with E-state index in [9.17, 15) is 9.59 Å². The first-order valence-corrected chi connectivity index (χ1v) is 9.23. The molecule has 0 unspecified atom stereocenters. The van der Waals surface area contributed by atoms with E-state index in [-0.39, 0.29) is 18.0 Å². The van der Waals surface area contributed by atoms with Crippen LogP contribution in [-0.4, -0.2) is 29.0 Å². The quantitative estimate of drug-likeness (QED) is 0.348. The van der Waals surface area contributed by atoms with Crippen LogP contribution < -0.4 is 14.2 Å². The fourth-order valence-corrected chi connectivity index (χ4v) is 3.00. The Kier molecular flexibility index (Phi) is 5.30. The lowest BCUT2D eigenvalue weighted by Crippen LogP contribution is -2.10. The Balaban J connectivity index is 1.46. The van der Waals surface area contributed by atoms with Crippen molar-refractivity contribution in [3.8, 4) is 17.4 Å². The highest BCUT2D eigenvalue weighted by atomic mass is 16.5. The average molecular weight is 406 g/mol. The SMILES string of the molecule is COc1cc(CCC(=O)Oc2ccc3c(c2C)O/C(=C\c2ccncc2)C3=O)on1. The van der Waals surface area contributed by atoms with Crippen molar-refractivity contribution in [2.75, 3.05) is 7.11 Å². The molecule has 1 aliphatic rings. The molecule has 0 bridgehead atoms. The number of aryl methyl sites for hydroxylation is 1. The van der Waals surface area contributed by atoms with Gasteiger partial charge in [0.25, 0.3) is 5.88 Å². The van der Waals surface area contributed by atoms with E-state index >= 15 is 0 Å². The summed E-state index contributed by atoms with van der Waals surface area (Å²) in [6.07, 6.45) is 5.35. The molecule has 1 aliphatic heterocycles. The van der Waals surface area contributed by atoms with Crippen molar-refractivity contribution in [1.82, 2.24) is 10.1 Å². The maximum atomic E-state index is 12.6. The first-order chi connectivity index (χ1) is 14.5. The first kappa shape index (κ1) is 19.4. The molecule has 0 aliphatic carbocycles. The summed E-state index contributed by atoms with van der Waals surface area (Å²) in [5.41, 5.74) is 1.81. The Morgan fingerprint density at radius 1 is 1.20 bits per heavy atom. The number of hydrogen-bond acceptors (Lipinski definition) is 8. The van der Waals surface area contributed by atoms with Gasteiger partial charge in [0.1, 0.15) is 17.3 Å². The maximum Gasteiger partial charge on any atom is 0.311 e. The number of aromatic nitrogens is 2. The van der Waals surface area contributed by atoms with Crippen LogP contribution in [0.25, 0.3) is 6.08 Å². The highest BCUT2D eigenvalue weighted by Crippen LogP contribution is 2.39. The van der Waals surface area contributed by atoms with E-state index in [4.69, 9.17) is 18.7 Å². The molecule has 0 atom stereocenters. The lowest BCUT2D eigenvalue weighted by Gasteiger charge is -2.09. The molecule has 0 fully saturated rings. The predicted octanol–water partition coefficient (Wildman–Crippen LogP) is 3.54. The van der Waals surface area contributed by atoms with Gasteiger partial charge in [-0.05, 0) is 48.0 Å². The minimum absolute atomic E-state index is 0.0991. The zero-order valence-corrected chi connectivity index (χ0v) is 16.4. The van der Waals surface area contributed by atoms with Crippen LogP contribution >= 0.6 is 0 Å². The third-order valence-corrected chi connectivity index (χ3v) is 4.59.